The van der Waals surface area contributed by atoms with E-state index in [2.05, 4.69) is 38.2 Å². The van der Waals surface area contributed by atoms with E-state index in [0.29, 0.717) is 64.6 Å². The smallest absolute Gasteiger partial charge is 0.220 e. The number of amides is 1. The lowest BCUT2D eigenvalue weighted by molar-refractivity contribution is -0.174. The van der Waals surface area contributed by atoms with Gasteiger partial charge in [0, 0.05) is 13.0 Å². The van der Waals surface area contributed by atoms with Gasteiger partial charge < -0.3 is 15.5 Å². The largest absolute Gasteiger partial charge is 0.393 e. The first-order chi connectivity index (χ1) is 17.2. The molecule has 202 valence electrons. The summed E-state index contributed by atoms with van der Waals surface area (Å²) < 4.78 is 0. The van der Waals surface area contributed by atoms with Crippen LogP contribution in [0.2, 0.25) is 0 Å². The van der Waals surface area contributed by atoms with Crippen molar-refractivity contribution in [3.63, 3.8) is 0 Å². The second-order valence-corrected chi connectivity index (χ2v) is 14.8. The summed E-state index contributed by atoms with van der Waals surface area (Å²) in [6.45, 7) is 8.29. The number of carbonyl (C=O) groups is 1. The maximum Gasteiger partial charge on any atom is 0.220 e. The Bertz CT molecular complexity index is 871. The molecule has 0 unspecified atom stereocenters. The molecule has 2 bridgehead atoms. The normalized spacial score (nSPS) is 51.9. The highest BCUT2D eigenvalue weighted by atomic mass is 16.3. The van der Waals surface area contributed by atoms with E-state index in [1.165, 1.54) is 38.5 Å². The Kier molecular flexibility index (Phi) is 6.63. The van der Waals surface area contributed by atoms with E-state index in [1.807, 2.05) is 0 Å². The molecular formula is C32H51NO3. The molecule has 13 atom stereocenters. The van der Waals surface area contributed by atoms with E-state index in [0.717, 1.165) is 44.6 Å². The summed E-state index contributed by atoms with van der Waals surface area (Å²) in [5, 5.41) is 25.1. The number of allylic oxidation sites excluding steroid dienone is 2. The highest BCUT2D eigenvalue weighted by Crippen LogP contribution is 2.68. The van der Waals surface area contributed by atoms with Gasteiger partial charge in [-0.25, -0.2) is 0 Å². The van der Waals surface area contributed by atoms with Crippen LogP contribution in [0.25, 0.3) is 0 Å². The predicted molar refractivity (Wildman–Crippen MR) is 143 cm³/mol. The van der Waals surface area contributed by atoms with Crippen LogP contribution in [0, 0.1) is 64.1 Å². The van der Waals surface area contributed by atoms with Crippen LogP contribution in [0.4, 0.5) is 0 Å². The molecule has 0 radical (unpaired) electrons. The van der Waals surface area contributed by atoms with Gasteiger partial charge >= 0.3 is 0 Å². The molecule has 0 aromatic rings. The van der Waals surface area contributed by atoms with Gasteiger partial charge in [-0.1, -0.05) is 32.9 Å². The molecule has 6 rings (SSSR count). The third-order valence-corrected chi connectivity index (χ3v) is 13.2. The topological polar surface area (TPSA) is 69.6 Å². The lowest BCUT2D eigenvalue weighted by atomic mass is 9.43. The highest BCUT2D eigenvalue weighted by Gasteiger charge is 2.62. The van der Waals surface area contributed by atoms with Crippen LogP contribution in [0.5, 0.6) is 0 Å². The molecule has 0 heterocycles. The Balaban J connectivity index is 1.06. The maximum absolute atomic E-state index is 12.7. The zero-order valence-electron chi connectivity index (χ0n) is 23.0. The van der Waals surface area contributed by atoms with E-state index in [4.69, 9.17) is 0 Å². The summed E-state index contributed by atoms with van der Waals surface area (Å²) in [6, 6.07) is 0. The number of hydrogen-bond donors (Lipinski definition) is 3. The van der Waals surface area contributed by atoms with Crippen molar-refractivity contribution in [1.29, 1.82) is 0 Å². The van der Waals surface area contributed by atoms with Crippen molar-refractivity contribution in [3.8, 4) is 0 Å². The first-order valence-corrected chi connectivity index (χ1v) is 15.5. The van der Waals surface area contributed by atoms with Gasteiger partial charge in [0.25, 0.3) is 0 Å². The van der Waals surface area contributed by atoms with Crippen molar-refractivity contribution in [2.45, 2.75) is 110 Å². The Morgan fingerprint density at radius 3 is 2.50 bits per heavy atom. The van der Waals surface area contributed by atoms with E-state index in [1.54, 1.807) is 0 Å². The number of hydrogen-bond acceptors (Lipinski definition) is 3. The fourth-order valence-electron chi connectivity index (χ4n) is 11.2. The third kappa shape index (κ3) is 4.12. The minimum atomic E-state index is -0.205. The molecule has 6 aliphatic carbocycles. The molecule has 1 amide bonds. The van der Waals surface area contributed by atoms with E-state index in [9.17, 15) is 15.0 Å². The lowest BCUT2D eigenvalue weighted by Gasteiger charge is -2.62. The molecule has 0 aromatic heterocycles. The average Bonchev–Trinajstić information content (AvgIpc) is 3.56. The van der Waals surface area contributed by atoms with Crippen LogP contribution in [0.1, 0.15) is 97.8 Å². The lowest BCUT2D eigenvalue weighted by Crippen LogP contribution is -2.58. The monoisotopic (exact) mass is 497 g/mol. The van der Waals surface area contributed by atoms with Crippen molar-refractivity contribution < 1.29 is 15.0 Å². The number of aliphatic hydroxyl groups excluding tert-OH is 2. The Hall–Kier alpha value is -0.870. The third-order valence-electron chi connectivity index (χ3n) is 13.2. The van der Waals surface area contributed by atoms with Crippen LogP contribution in [0.15, 0.2) is 12.2 Å². The van der Waals surface area contributed by atoms with E-state index < -0.39 is 0 Å². The minimum absolute atomic E-state index is 0.167. The summed E-state index contributed by atoms with van der Waals surface area (Å²) in [5.41, 5.74) is 0.589. The molecule has 0 spiro atoms. The van der Waals surface area contributed by atoms with Crippen molar-refractivity contribution in [3.05, 3.63) is 12.2 Å². The number of aliphatic hydroxyl groups is 2. The van der Waals surface area contributed by atoms with Crippen molar-refractivity contribution >= 4 is 5.91 Å². The van der Waals surface area contributed by atoms with Crippen molar-refractivity contribution in [1.82, 2.24) is 5.32 Å². The molecule has 5 fully saturated rings. The van der Waals surface area contributed by atoms with Crippen LogP contribution < -0.4 is 5.32 Å². The minimum Gasteiger partial charge on any atom is -0.393 e. The van der Waals surface area contributed by atoms with Crippen molar-refractivity contribution in [2.24, 2.45) is 64.1 Å². The molecule has 0 saturated heterocycles. The molecule has 0 aromatic carbocycles. The fraction of sp³-hybridized carbons (Fsp3) is 0.906. The van der Waals surface area contributed by atoms with Gasteiger partial charge in [0.05, 0.1) is 12.2 Å². The molecule has 0 aliphatic heterocycles. The molecule has 6 aliphatic rings. The Morgan fingerprint density at radius 2 is 1.75 bits per heavy atom. The first kappa shape index (κ1) is 25.4. The van der Waals surface area contributed by atoms with Crippen LogP contribution >= 0.6 is 0 Å². The van der Waals surface area contributed by atoms with Crippen LogP contribution in [-0.2, 0) is 4.79 Å². The van der Waals surface area contributed by atoms with Gasteiger partial charge in [-0.05, 0) is 135 Å². The van der Waals surface area contributed by atoms with Gasteiger partial charge in [-0.15, -0.1) is 0 Å². The van der Waals surface area contributed by atoms with Gasteiger partial charge in [0.2, 0.25) is 5.91 Å². The maximum atomic E-state index is 12.7. The van der Waals surface area contributed by atoms with Crippen LogP contribution in [-0.4, -0.2) is 34.9 Å². The number of rotatable bonds is 6. The summed E-state index contributed by atoms with van der Waals surface area (Å²) in [4.78, 5) is 12.7. The zero-order valence-corrected chi connectivity index (χ0v) is 23.0. The van der Waals surface area contributed by atoms with Gasteiger partial charge in [-0.2, -0.15) is 0 Å². The van der Waals surface area contributed by atoms with Crippen LogP contribution in [0.3, 0.4) is 0 Å². The summed E-state index contributed by atoms with van der Waals surface area (Å²) in [6.07, 6.45) is 17.4. The Labute approximate surface area is 219 Å². The SMILES string of the molecule is C[C@H](CCC(=O)NC[C@@H]1C[C@H]2C=C[C@H]1C2)[C@H]1CC[C@H]2[C@@H]3[C@@H](O)C[C@@H]4C[C@H](O)CC[C@]4(C)[C@H]3CC[C@]12C. The molecule has 4 heteroatoms. The van der Waals surface area contributed by atoms with E-state index in [-0.39, 0.29) is 18.1 Å². The molecule has 36 heavy (non-hydrogen) atoms. The van der Waals surface area contributed by atoms with E-state index >= 15 is 0 Å². The second-order valence-electron chi connectivity index (χ2n) is 14.8. The first-order valence-electron chi connectivity index (χ1n) is 15.5. The number of nitrogens with one attached hydrogen (secondary N) is 1. The summed E-state index contributed by atoms with van der Waals surface area (Å²) >= 11 is 0. The zero-order chi connectivity index (χ0) is 25.2. The highest BCUT2D eigenvalue weighted by molar-refractivity contribution is 5.75. The molecule has 5 saturated carbocycles. The van der Waals surface area contributed by atoms with Gasteiger partial charge in [-0.3, -0.25) is 4.79 Å². The summed E-state index contributed by atoms with van der Waals surface area (Å²) in [5.74, 6) is 5.72. The average molecular weight is 498 g/mol. The second kappa shape index (κ2) is 9.40. The van der Waals surface area contributed by atoms with Gasteiger partial charge in [0.15, 0.2) is 0 Å². The fourth-order valence-corrected chi connectivity index (χ4v) is 11.2. The number of carbonyl (C=O) groups excluding carboxylic acids is 1. The summed E-state index contributed by atoms with van der Waals surface area (Å²) in [7, 11) is 0. The van der Waals surface area contributed by atoms with Gasteiger partial charge in [0.1, 0.15) is 0 Å². The predicted octanol–water partition coefficient (Wildman–Crippen LogP) is 5.72. The Morgan fingerprint density at radius 1 is 0.972 bits per heavy atom. The number of fused-ring (bicyclic) bond motifs is 7. The standard InChI is InChI=1S/C32H51NO3/c1-19(4-9-29(36)33-18-22-15-20-5-6-21(22)14-20)25-7-8-26-30-27(11-13-32(25,26)3)31(2)12-10-24(34)16-23(31)17-28(30)35/h5-6,19-28,30,34-35H,4,7-18H2,1-3H3,(H,33,36)/t19-,20+,21+,22+,23+,24-,25-,26+,27+,28+,30+,31+,32-/m1/s1. The molecule has 4 nitrogen and oxygen atoms in total. The molecular weight excluding hydrogens is 446 g/mol. The van der Waals surface area contributed by atoms with Crippen molar-refractivity contribution in [2.75, 3.05) is 6.54 Å². The quantitative estimate of drug-likeness (QED) is 0.411. The molecule has 3 N–H and O–H groups in total.